The van der Waals surface area contributed by atoms with Crippen LogP contribution in [-0.2, 0) is 26.2 Å². The maximum absolute atomic E-state index is 14.1. The number of hydrogen-bond donors (Lipinski definition) is 1. The van der Waals surface area contributed by atoms with Crippen molar-refractivity contribution in [3.63, 3.8) is 0 Å². The fourth-order valence-corrected chi connectivity index (χ4v) is 6.14. The third-order valence-electron chi connectivity index (χ3n) is 6.59. The van der Waals surface area contributed by atoms with E-state index in [1.54, 1.807) is 43.3 Å². The number of aryl methyl sites for hydroxylation is 1. The van der Waals surface area contributed by atoms with Crippen LogP contribution >= 0.6 is 34.8 Å². The molecule has 1 atom stereocenters. The standard InChI is InChI=1S/C30H34Cl3N3O4S/c1-4-6-17-34-30(38)28(5-2)35(19-22-9-7-8-10-25(22)31)29(37)20-36(23-13-16-26(32)27(33)18-23)41(39,40)24-14-11-21(3)12-15-24/h7-16,18,28H,4-6,17,19-20H2,1-3H3,(H,34,38)/t28-/m0/s1. The lowest BCUT2D eigenvalue weighted by Gasteiger charge is -2.33. The zero-order chi connectivity index (χ0) is 30.2. The molecular weight excluding hydrogens is 605 g/mol. The number of nitrogens with one attached hydrogen (secondary N) is 1. The van der Waals surface area contributed by atoms with Crippen LogP contribution in [0.25, 0.3) is 0 Å². The summed E-state index contributed by atoms with van der Waals surface area (Å²) in [4.78, 5) is 28.7. The molecule has 0 unspecified atom stereocenters. The first kappa shape index (κ1) is 32.7. The lowest BCUT2D eigenvalue weighted by Crippen LogP contribution is -2.52. The van der Waals surface area contributed by atoms with Crippen LogP contribution in [0.1, 0.15) is 44.2 Å². The molecule has 0 aliphatic carbocycles. The number of halogens is 3. The molecule has 3 rings (SSSR count). The Labute approximate surface area is 257 Å². The Bertz CT molecular complexity index is 1470. The van der Waals surface area contributed by atoms with Gasteiger partial charge in [-0.2, -0.15) is 0 Å². The predicted molar refractivity (Wildman–Crippen MR) is 166 cm³/mol. The molecule has 2 amide bonds. The molecule has 0 aromatic heterocycles. The van der Waals surface area contributed by atoms with E-state index in [-0.39, 0.29) is 33.1 Å². The summed E-state index contributed by atoms with van der Waals surface area (Å²) in [6.45, 7) is 5.56. The van der Waals surface area contributed by atoms with Gasteiger partial charge in [-0.05, 0) is 61.7 Å². The van der Waals surface area contributed by atoms with Crippen molar-refractivity contribution >= 4 is 62.3 Å². The monoisotopic (exact) mass is 637 g/mol. The van der Waals surface area contributed by atoms with Crippen LogP contribution in [0.3, 0.4) is 0 Å². The average molecular weight is 639 g/mol. The molecule has 0 bridgehead atoms. The second-order valence-electron chi connectivity index (χ2n) is 9.60. The van der Waals surface area contributed by atoms with Crippen LogP contribution in [0.4, 0.5) is 5.69 Å². The molecule has 0 aliphatic heterocycles. The van der Waals surface area contributed by atoms with Gasteiger partial charge in [0.05, 0.1) is 20.6 Å². The van der Waals surface area contributed by atoms with Gasteiger partial charge in [-0.1, -0.05) is 91.0 Å². The maximum Gasteiger partial charge on any atom is 0.264 e. The van der Waals surface area contributed by atoms with Crippen molar-refractivity contribution in [2.45, 2.75) is 57.5 Å². The van der Waals surface area contributed by atoms with E-state index in [1.165, 1.54) is 35.2 Å². The number of rotatable bonds is 13. The Balaban J connectivity index is 2.07. The minimum Gasteiger partial charge on any atom is -0.354 e. The van der Waals surface area contributed by atoms with E-state index in [0.29, 0.717) is 23.6 Å². The molecule has 1 N–H and O–H groups in total. The van der Waals surface area contributed by atoms with E-state index in [2.05, 4.69) is 5.32 Å². The van der Waals surface area contributed by atoms with E-state index < -0.39 is 28.5 Å². The minimum absolute atomic E-state index is 0.00368. The molecule has 3 aromatic carbocycles. The molecule has 3 aromatic rings. The topological polar surface area (TPSA) is 86.8 Å². The summed E-state index contributed by atoms with van der Waals surface area (Å²) < 4.78 is 28.9. The SMILES string of the molecule is CCCCNC(=O)[C@H](CC)N(Cc1ccccc1Cl)C(=O)CN(c1ccc(Cl)c(Cl)c1)S(=O)(=O)c1ccc(C)cc1. The summed E-state index contributed by atoms with van der Waals surface area (Å²) in [5, 5.41) is 3.71. The smallest absolute Gasteiger partial charge is 0.264 e. The van der Waals surface area contributed by atoms with Crippen LogP contribution in [0, 0.1) is 6.92 Å². The zero-order valence-corrected chi connectivity index (χ0v) is 26.3. The molecule has 0 saturated carbocycles. The molecule has 11 heteroatoms. The van der Waals surface area contributed by atoms with Crippen molar-refractivity contribution in [1.29, 1.82) is 0 Å². The molecule has 41 heavy (non-hydrogen) atoms. The summed E-state index contributed by atoms with van der Waals surface area (Å²) >= 11 is 18.8. The van der Waals surface area contributed by atoms with E-state index >= 15 is 0 Å². The number of unbranched alkanes of at least 4 members (excludes halogenated alkanes) is 1. The summed E-state index contributed by atoms with van der Waals surface area (Å²) in [6.07, 6.45) is 2.00. The van der Waals surface area contributed by atoms with Gasteiger partial charge >= 0.3 is 0 Å². The number of carbonyl (C=O) groups excluding carboxylic acids is 2. The third kappa shape index (κ3) is 8.38. The predicted octanol–water partition coefficient (Wildman–Crippen LogP) is 6.87. The largest absolute Gasteiger partial charge is 0.354 e. The first-order valence-electron chi connectivity index (χ1n) is 13.3. The highest BCUT2D eigenvalue weighted by molar-refractivity contribution is 7.92. The van der Waals surface area contributed by atoms with Crippen LogP contribution < -0.4 is 9.62 Å². The Morgan fingerprint density at radius 3 is 2.20 bits per heavy atom. The summed E-state index contributed by atoms with van der Waals surface area (Å²) in [5.74, 6) is -0.895. The Morgan fingerprint density at radius 2 is 1.59 bits per heavy atom. The van der Waals surface area contributed by atoms with Crippen molar-refractivity contribution in [3.8, 4) is 0 Å². The molecule has 0 radical (unpaired) electrons. The number of amides is 2. The van der Waals surface area contributed by atoms with Gasteiger partial charge in [0.2, 0.25) is 11.8 Å². The molecule has 0 spiro atoms. The van der Waals surface area contributed by atoms with Crippen molar-refractivity contribution in [1.82, 2.24) is 10.2 Å². The molecule has 0 heterocycles. The maximum atomic E-state index is 14.1. The van der Waals surface area contributed by atoms with Crippen LogP contribution in [0.5, 0.6) is 0 Å². The van der Waals surface area contributed by atoms with Gasteiger partial charge in [0.15, 0.2) is 0 Å². The van der Waals surface area contributed by atoms with Gasteiger partial charge in [0.25, 0.3) is 10.0 Å². The minimum atomic E-state index is -4.22. The number of hydrogen-bond acceptors (Lipinski definition) is 4. The van der Waals surface area contributed by atoms with E-state index in [0.717, 1.165) is 22.7 Å². The van der Waals surface area contributed by atoms with Gasteiger partial charge in [-0.25, -0.2) is 8.42 Å². The lowest BCUT2D eigenvalue weighted by molar-refractivity contribution is -0.140. The Hall–Kier alpha value is -2.78. The first-order valence-corrected chi connectivity index (χ1v) is 15.9. The molecular formula is C30H34Cl3N3O4S. The zero-order valence-electron chi connectivity index (χ0n) is 23.2. The van der Waals surface area contributed by atoms with Crippen molar-refractivity contribution < 1.29 is 18.0 Å². The van der Waals surface area contributed by atoms with E-state index in [4.69, 9.17) is 34.8 Å². The third-order valence-corrected chi connectivity index (χ3v) is 9.49. The van der Waals surface area contributed by atoms with Gasteiger partial charge < -0.3 is 10.2 Å². The van der Waals surface area contributed by atoms with Crippen molar-refractivity contribution in [2.24, 2.45) is 0 Å². The number of nitrogens with zero attached hydrogens (tertiary/aromatic N) is 2. The van der Waals surface area contributed by atoms with Gasteiger partial charge in [0.1, 0.15) is 12.6 Å². The van der Waals surface area contributed by atoms with Crippen LogP contribution in [-0.4, -0.2) is 44.3 Å². The average Bonchev–Trinajstić information content (AvgIpc) is 2.94. The Kier molecular flexibility index (Phi) is 11.9. The number of anilines is 1. The molecule has 0 saturated heterocycles. The molecule has 7 nitrogen and oxygen atoms in total. The molecule has 0 fully saturated rings. The summed E-state index contributed by atoms with van der Waals surface area (Å²) in [6, 6.07) is 16.9. The molecule has 220 valence electrons. The van der Waals surface area contributed by atoms with E-state index in [1.807, 2.05) is 13.8 Å². The Morgan fingerprint density at radius 1 is 0.902 bits per heavy atom. The second kappa shape index (κ2) is 14.9. The fraction of sp³-hybridized carbons (Fsp3) is 0.333. The second-order valence-corrected chi connectivity index (χ2v) is 12.7. The quantitative estimate of drug-likeness (QED) is 0.207. The van der Waals surface area contributed by atoms with Crippen molar-refractivity contribution in [3.05, 3.63) is 92.9 Å². The highest BCUT2D eigenvalue weighted by Gasteiger charge is 2.34. The first-order chi connectivity index (χ1) is 19.5. The molecule has 0 aliphatic rings. The number of sulfonamides is 1. The fourth-order valence-electron chi connectivity index (χ4n) is 4.24. The van der Waals surface area contributed by atoms with Gasteiger partial charge in [0, 0.05) is 18.1 Å². The highest BCUT2D eigenvalue weighted by atomic mass is 35.5. The van der Waals surface area contributed by atoms with E-state index in [9.17, 15) is 18.0 Å². The van der Waals surface area contributed by atoms with Gasteiger partial charge in [-0.3, -0.25) is 13.9 Å². The summed E-state index contributed by atoms with van der Waals surface area (Å²) in [5.41, 5.74) is 1.67. The van der Waals surface area contributed by atoms with Crippen molar-refractivity contribution in [2.75, 3.05) is 17.4 Å². The van der Waals surface area contributed by atoms with Crippen LogP contribution in [0.2, 0.25) is 15.1 Å². The normalized spacial score (nSPS) is 12.0. The lowest BCUT2D eigenvalue weighted by atomic mass is 10.1. The van der Waals surface area contributed by atoms with Crippen LogP contribution in [0.15, 0.2) is 71.6 Å². The highest BCUT2D eigenvalue weighted by Crippen LogP contribution is 2.31. The van der Waals surface area contributed by atoms with Gasteiger partial charge in [-0.15, -0.1) is 0 Å². The number of carbonyl (C=O) groups is 2. The summed E-state index contributed by atoms with van der Waals surface area (Å²) in [7, 11) is -4.22. The number of benzene rings is 3.